The number of carboxylic acid groups (broad SMARTS) is 1. The van der Waals surface area contributed by atoms with Gasteiger partial charge < -0.3 is 10.4 Å². The van der Waals surface area contributed by atoms with E-state index in [1.54, 1.807) is 0 Å². The van der Waals surface area contributed by atoms with E-state index < -0.39 is 5.97 Å². The Morgan fingerprint density at radius 1 is 1.35 bits per heavy atom. The van der Waals surface area contributed by atoms with Gasteiger partial charge in [0.15, 0.2) is 0 Å². The van der Waals surface area contributed by atoms with Gasteiger partial charge in [0.05, 0.1) is 12.5 Å². The van der Waals surface area contributed by atoms with Gasteiger partial charge in [-0.3, -0.25) is 14.5 Å². The van der Waals surface area contributed by atoms with Crippen LogP contribution in [0.15, 0.2) is 0 Å². The normalized spacial score (nSPS) is 29.2. The maximum absolute atomic E-state index is 11.7. The van der Waals surface area contributed by atoms with Crippen LogP contribution in [-0.4, -0.2) is 47.6 Å². The molecule has 2 rings (SSSR count). The summed E-state index contributed by atoms with van der Waals surface area (Å²) >= 11 is 0. The first-order valence-electron chi connectivity index (χ1n) is 6.31. The van der Waals surface area contributed by atoms with Crippen molar-refractivity contribution in [3.8, 4) is 0 Å². The van der Waals surface area contributed by atoms with Crippen molar-refractivity contribution in [1.29, 1.82) is 0 Å². The third-order valence-corrected chi connectivity index (χ3v) is 3.83. The van der Waals surface area contributed by atoms with Crippen LogP contribution in [0.5, 0.6) is 0 Å². The van der Waals surface area contributed by atoms with E-state index in [0.29, 0.717) is 25.4 Å². The van der Waals surface area contributed by atoms with Crippen molar-refractivity contribution in [2.75, 3.05) is 19.6 Å². The fourth-order valence-corrected chi connectivity index (χ4v) is 2.38. The van der Waals surface area contributed by atoms with Crippen LogP contribution in [0, 0.1) is 11.8 Å². The Hall–Kier alpha value is -1.10. The number of likely N-dealkylation sites (tertiary alicyclic amines) is 1. The van der Waals surface area contributed by atoms with Gasteiger partial charge in [-0.05, 0) is 38.6 Å². The summed E-state index contributed by atoms with van der Waals surface area (Å²) in [5.41, 5.74) is 0. The average Bonchev–Trinajstić information content (AvgIpc) is 3.02. The zero-order valence-electron chi connectivity index (χ0n) is 10.2. The second-order valence-electron chi connectivity index (χ2n) is 5.19. The predicted molar refractivity (Wildman–Crippen MR) is 62.5 cm³/mol. The Balaban J connectivity index is 1.74. The van der Waals surface area contributed by atoms with Crippen LogP contribution in [0.2, 0.25) is 0 Å². The Kier molecular flexibility index (Phi) is 3.66. The third kappa shape index (κ3) is 3.19. The molecule has 1 heterocycles. The monoisotopic (exact) mass is 240 g/mol. The van der Waals surface area contributed by atoms with Gasteiger partial charge in [0, 0.05) is 12.6 Å². The molecule has 1 amide bonds. The molecule has 0 aromatic heterocycles. The minimum absolute atomic E-state index is 0.0230. The molecule has 5 nitrogen and oxygen atoms in total. The minimum Gasteiger partial charge on any atom is -0.481 e. The van der Waals surface area contributed by atoms with Crippen LogP contribution in [0.3, 0.4) is 0 Å². The van der Waals surface area contributed by atoms with Gasteiger partial charge in [-0.25, -0.2) is 0 Å². The van der Waals surface area contributed by atoms with E-state index in [4.69, 9.17) is 5.11 Å². The Morgan fingerprint density at radius 2 is 2.06 bits per heavy atom. The Morgan fingerprint density at radius 3 is 2.59 bits per heavy atom. The topological polar surface area (TPSA) is 69.6 Å². The zero-order valence-corrected chi connectivity index (χ0v) is 10.2. The van der Waals surface area contributed by atoms with Crippen LogP contribution in [0.1, 0.15) is 26.2 Å². The lowest BCUT2D eigenvalue weighted by Gasteiger charge is -2.22. The lowest BCUT2D eigenvalue weighted by atomic mass is 10.0. The first-order chi connectivity index (χ1) is 8.08. The lowest BCUT2D eigenvalue weighted by molar-refractivity contribution is -0.142. The molecular formula is C12H20N2O3. The van der Waals surface area contributed by atoms with Crippen LogP contribution >= 0.6 is 0 Å². The highest BCUT2D eigenvalue weighted by molar-refractivity contribution is 5.78. The van der Waals surface area contributed by atoms with E-state index in [2.05, 4.69) is 5.32 Å². The molecule has 2 fully saturated rings. The smallest absolute Gasteiger partial charge is 0.308 e. The largest absolute Gasteiger partial charge is 0.481 e. The van der Waals surface area contributed by atoms with Crippen LogP contribution in [0.4, 0.5) is 0 Å². The van der Waals surface area contributed by atoms with E-state index in [1.165, 1.54) is 12.8 Å². The number of carbonyl (C=O) groups is 2. The number of aliphatic carboxylic acids is 1. The summed E-state index contributed by atoms with van der Waals surface area (Å²) in [5, 5.41) is 11.9. The highest BCUT2D eigenvalue weighted by Crippen LogP contribution is 2.27. The second kappa shape index (κ2) is 5.04. The molecule has 0 aromatic rings. The predicted octanol–water partition coefficient (Wildman–Crippen LogP) is 0.308. The number of carbonyl (C=O) groups excluding carboxylic acids is 1. The number of nitrogens with one attached hydrogen (secondary N) is 1. The number of nitrogens with zero attached hydrogens (tertiary/aromatic N) is 1. The highest BCUT2D eigenvalue weighted by atomic mass is 16.4. The molecule has 2 aliphatic rings. The van der Waals surface area contributed by atoms with Crippen molar-refractivity contribution in [3.05, 3.63) is 0 Å². The molecule has 0 aromatic carbocycles. The minimum atomic E-state index is -0.751. The van der Waals surface area contributed by atoms with Crippen LogP contribution < -0.4 is 5.32 Å². The van der Waals surface area contributed by atoms with Crippen molar-refractivity contribution in [2.45, 2.75) is 32.2 Å². The fraction of sp³-hybridized carbons (Fsp3) is 0.833. The first-order valence-corrected chi connectivity index (χ1v) is 6.31. The van der Waals surface area contributed by atoms with Gasteiger partial charge >= 0.3 is 5.97 Å². The van der Waals surface area contributed by atoms with Gasteiger partial charge in [0.25, 0.3) is 0 Å². The third-order valence-electron chi connectivity index (χ3n) is 3.83. The molecule has 2 N–H and O–H groups in total. The van der Waals surface area contributed by atoms with Crippen molar-refractivity contribution in [2.24, 2.45) is 11.8 Å². The standard InChI is InChI=1S/C12H20N2O3/c1-8-10(12(16)17)4-5-14(8)7-11(15)13-6-9-2-3-9/h8-10H,2-7H2,1H3,(H,13,15)(H,16,17). The molecule has 0 radical (unpaired) electrons. The maximum atomic E-state index is 11.7. The van der Waals surface area contributed by atoms with Gasteiger partial charge in [-0.15, -0.1) is 0 Å². The summed E-state index contributed by atoms with van der Waals surface area (Å²) in [4.78, 5) is 24.6. The number of rotatable bonds is 5. The van der Waals surface area contributed by atoms with E-state index in [1.807, 2.05) is 11.8 Å². The average molecular weight is 240 g/mol. The molecule has 2 unspecified atom stereocenters. The molecule has 0 spiro atoms. The summed E-state index contributed by atoms with van der Waals surface area (Å²) < 4.78 is 0. The summed E-state index contributed by atoms with van der Waals surface area (Å²) in [6, 6.07) is -0.0424. The van der Waals surface area contributed by atoms with Crippen molar-refractivity contribution in [1.82, 2.24) is 10.2 Å². The summed E-state index contributed by atoms with van der Waals surface area (Å²) in [5.74, 6) is -0.374. The quantitative estimate of drug-likeness (QED) is 0.725. The summed E-state index contributed by atoms with van der Waals surface area (Å²) in [6.45, 7) is 3.70. The molecule has 5 heteroatoms. The van der Waals surface area contributed by atoms with E-state index in [9.17, 15) is 9.59 Å². The lowest BCUT2D eigenvalue weighted by Crippen LogP contribution is -2.41. The molecule has 1 aliphatic carbocycles. The highest BCUT2D eigenvalue weighted by Gasteiger charge is 2.36. The van der Waals surface area contributed by atoms with Gasteiger partial charge in [0.2, 0.25) is 5.91 Å². The van der Waals surface area contributed by atoms with Crippen molar-refractivity contribution >= 4 is 11.9 Å². The summed E-state index contributed by atoms with van der Waals surface area (Å²) in [6.07, 6.45) is 3.09. The number of hydrogen-bond donors (Lipinski definition) is 2. The number of hydrogen-bond acceptors (Lipinski definition) is 3. The molecular weight excluding hydrogens is 220 g/mol. The van der Waals surface area contributed by atoms with Crippen molar-refractivity contribution in [3.63, 3.8) is 0 Å². The number of carboxylic acids is 1. The number of amides is 1. The molecule has 17 heavy (non-hydrogen) atoms. The zero-order chi connectivity index (χ0) is 12.4. The van der Waals surface area contributed by atoms with E-state index >= 15 is 0 Å². The SMILES string of the molecule is CC1C(C(=O)O)CCN1CC(=O)NCC1CC1. The van der Waals surface area contributed by atoms with E-state index in [-0.39, 0.29) is 17.9 Å². The van der Waals surface area contributed by atoms with Crippen LogP contribution in [0.25, 0.3) is 0 Å². The van der Waals surface area contributed by atoms with E-state index in [0.717, 1.165) is 6.54 Å². The maximum Gasteiger partial charge on any atom is 0.308 e. The molecule has 1 saturated carbocycles. The molecule has 1 saturated heterocycles. The molecule has 1 aliphatic heterocycles. The van der Waals surface area contributed by atoms with Crippen LogP contribution in [-0.2, 0) is 9.59 Å². The van der Waals surface area contributed by atoms with Gasteiger partial charge in [-0.1, -0.05) is 0 Å². The van der Waals surface area contributed by atoms with Gasteiger partial charge in [0.1, 0.15) is 0 Å². The first kappa shape index (κ1) is 12.4. The molecule has 0 bridgehead atoms. The second-order valence-corrected chi connectivity index (χ2v) is 5.19. The van der Waals surface area contributed by atoms with Crippen molar-refractivity contribution < 1.29 is 14.7 Å². The fourth-order valence-electron chi connectivity index (χ4n) is 2.38. The molecule has 96 valence electrons. The summed E-state index contributed by atoms with van der Waals surface area (Å²) in [7, 11) is 0. The Bertz CT molecular complexity index is 315. The molecule has 2 atom stereocenters. The van der Waals surface area contributed by atoms with Gasteiger partial charge in [-0.2, -0.15) is 0 Å². The Labute approximate surface area is 101 Å².